The third kappa shape index (κ3) is 5.14. The van der Waals surface area contributed by atoms with Crippen molar-refractivity contribution in [3.05, 3.63) is 23.8 Å². The van der Waals surface area contributed by atoms with Gasteiger partial charge in [-0.1, -0.05) is 0 Å². The quantitative estimate of drug-likeness (QED) is 0.223. The van der Waals surface area contributed by atoms with Crippen LogP contribution in [-0.4, -0.2) is 110 Å². The molecule has 1 aromatic carbocycles. The Morgan fingerprint density at radius 3 is 2.35 bits per heavy atom. The molecule has 3 rings (SSSR count). The van der Waals surface area contributed by atoms with Crippen molar-refractivity contribution in [2.75, 3.05) is 13.2 Å². The first-order valence-corrected chi connectivity index (χ1v) is 9.57. The first kappa shape index (κ1) is 23.8. The third-order valence-electron chi connectivity index (χ3n) is 5.14. The number of rotatable bonds is 6. The van der Waals surface area contributed by atoms with E-state index in [4.69, 9.17) is 18.9 Å². The number of phenols is 1. The molecule has 0 unspecified atom stereocenters. The van der Waals surface area contributed by atoms with E-state index in [1.807, 2.05) is 0 Å². The predicted molar refractivity (Wildman–Crippen MR) is 99.1 cm³/mol. The van der Waals surface area contributed by atoms with Crippen LogP contribution in [-0.2, 0) is 14.2 Å². The minimum absolute atomic E-state index is 0.0910. The van der Waals surface area contributed by atoms with Gasteiger partial charge < -0.3 is 54.7 Å². The molecule has 0 saturated carbocycles. The molecule has 0 radical (unpaired) electrons. The summed E-state index contributed by atoms with van der Waals surface area (Å²) in [5.41, 5.74) is 0.0910. The number of carbonyl (C=O) groups is 1. The number of benzene rings is 1. The van der Waals surface area contributed by atoms with Crippen LogP contribution < -0.4 is 4.74 Å². The molecule has 2 heterocycles. The number of aliphatic hydroxyl groups is 6. The van der Waals surface area contributed by atoms with Crippen molar-refractivity contribution in [3.63, 3.8) is 0 Å². The van der Waals surface area contributed by atoms with E-state index in [1.54, 1.807) is 0 Å². The summed E-state index contributed by atoms with van der Waals surface area (Å²) in [6.45, 7) is 0.526. The van der Waals surface area contributed by atoms with Crippen LogP contribution in [0.25, 0.3) is 0 Å². The number of phenolic OH excluding ortho intramolecular Hbond substituents is 1. The second-order valence-electron chi connectivity index (χ2n) is 7.45. The van der Waals surface area contributed by atoms with Crippen LogP contribution in [0.5, 0.6) is 11.5 Å². The van der Waals surface area contributed by atoms with Gasteiger partial charge in [0.25, 0.3) is 0 Å². The molecule has 2 fully saturated rings. The Morgan fingerprint density at radius 1 is 1.00 bits per heavy atom. The fraction of sp³-hybridized carbons (Fsp3) is 0.632. The van der Waals surface area contributed by atoms with E-state index in [0.29, 0.717) is 0 Å². The molecule has 2 saturated heterocycles. The second kappa shape index (κ2) is 9.73. The van der Waals surface area contributed by atoms with Gasteiger partial charge in [0.1, 0.15) is 54.2 Å². The van der Waals surface area contributed by atoms with Crippen molar-refractivity contribution in [1.29, 1.82) is 0 Å². The van der Waals surface area contributed by atoms with Crippen LogP contribution in [0, 0.1) is 0 Å². The van der Waals surface area contributed by atoms with Gasteiger partial charge in [0, 0.05) is 6.07 Å². The zero-order valence-corrected chi connectivity index (χ0v) is 16.5. The Labute approximate surface area is 176 Å². The van der Waals surface area contributed by atoms with Gasteiger partial charge in [-0.3, -0.25) is 4.79 Å². The molecule has 0 aromatic heterocycles. The number of aromatic hydroxyl groups is 1. The lowest BCUT2D eigenvalue weighted by Crippen LogP contribution is -2.61. The minimum Gasteiger partial charge on any atom is -0.508 e. The summed E-state index contributed by atoms with van der Waals surface area (Å²) >= 11 is 0. The van der Waals surface area contributed by atoms with Crippen LogP contribution in [0.4, 0.5) is 0 Å². The molecule has 12 nitrogen and oxygen atoms in total. The predicted octanol–water partition coefficient (Wildman–Crippen LogP) is -2.76. The van der Waals surface area contributed by atoms with Crippen LogP contribution >= 0.6 is 0 Å². The molecule has 2 aliphatic heterocycles. The van der Waals surface area contributed by atoms with Crippen LogP contribution in [0.15, 0.2) is 18.2 Å². The Kier molecular flexibility index (Phi) is 7.47. The fourth-order valence-electron chi connectivity index (χ4n) is 3.29. The average molecular weight is 446 g/mol. The van der Waals surface area contributed by atoms with Crippen molar-refractivity contribution < 1.29 is 59.5 Å². The molecule has 12 heteroatoms. The van der Waals surface area contributed by atoms with E-state index >= 15 is 0 Å². The average Bonchev–Trinajstić information content (AvgIpc) is 2.72. The summed E-state index contributed by atoms with van der Waals surface area (Å²) < 4.78 is 21.4. The Balaban J connectivity index is 1.70. The zero-order chi connectivity index (χ0) is 22.9. The molecule has 2 aliphatic rings. The molecule has 174 valence electrons. The Bertz CT molecular complexity index is 772. The van der Waals surface area contributed by atoms with E-state index in [2.05, 4.69) is 0 Å². The van der Waals surface area contributed by atoms with Gasteiger partial charge in [0.2, 0.25) is 6.29 Å². The summed E-state index contributed by atoms with van der Waals surface area (Å²) in [7, 11) is 0. The lowest BCUT2D eigenvalue weighted by molar-refractivity contribution is -0.307. The normalized spacial score (nSPS) is 38.6. The number of ketones is 1. The standard InChI is InChI=1S/C19H26O12/c1-7(20)9-3-2-8(21)4-11(9)30-19-17(27)15(25)14(24)12(31-19)6-29-18-16(26)13(23)10(22)5-28-18/h2-4,10,12-19,21-27H,5-6H2,1H3/t10-,12-,13+,14-,15+,16-,17-,18+,19-/m1/s1. The van der Waals surface area contributed by atoms with Crippen LogP contribution in [0.3, 0.4) is 0 Å². The minimum atomic E-state index is -1.71. The van der Waals surface area contributed by atoms with Gasteiger partial charge >= 0.3 is 0 Å². The molecule has 0 bridgehead atoms. The highest BCUT2D eigenvalue weighted by Crippen LogP contribution is 2.30. The number of hydrogen-bond donors (Lipinski definition) is 7. The van der Waals surface area contributed by atoms with E-state index in [-0.39, 0.29) is 29.5 Å². The molecule has 0 spiro atoms. The lowest BCUT2D eigenvalue weighted by Gasteiger charge is -2.41. The number of hydrogen-bond acceptors (Lipinski definition) is 12. The highest BCUT2D eigenvalue weighted by atomic mass is 16.7. The van der Waals surface area contributed by atoms with E-state index in [1.165, 1.54) is 19.1 Å². The first-order chi connectivity index (χ1) is 14.6. The fourth-order valence-corrected chi connectivity index (χ4v) is 3.29. The maximum atomic E-state index is 11.8. The van der Waals surface area contributed by atoms with Gasteiger partial charge in [-0.15, -0.1) is 0 Å². The summed E-state index contributed by atoms with van der Waals surface area (Å²) in [6.07, 6.45) is -13.5. The number of ether oxygens (including phenoxy) is 4. The summed E-state index contributed by atoms with van der Waals surface area (Å²) in [5.74, 6) is -0.706. The highest BCUT2D eigenvalue weighted by molar-refractivity contribution is 5.97. The number of aliphatic hydroxyl groups excluding tert-OH is 6. The second-order valence-corrected chi connectivity index (χ2v) is 7.45. The van der Waals surface area contributed by atoms with Crippen LogP contribution in [0.1, 0.15) is 17.3 Å². The van der Waals surface area contributed by atoms with Crippen molar-refractivity contribution in [2.45, 2.75) is 62.2 Å². The summed E-state index contributed by atoms with van der Waals surface area (Å²) in [5, 5.41) is 69.4. The highest BCUT2D eigenvalue weighted by Gasteiger charge is 2.46. The molecule has 31 heavy (non-hydrogen) atoms. The summed E-state index contributed by atoms with van der Waals surface area (Å²) in [6, 6.07) is 3.72. The summed E-state index contributed by atoms with van der Waals surface area (Å²) in [4.78, 5) is 11.8. The zero-order valence-electron chi connectivity index (χ0n) is 16.5. The molecular weight excluding hydrogens is 420 g/mol. The SMILES string of the molecule is CC(=O)c1ccc(O)cc1O[C@@H]1O[C@H](CO[C@@H]2OC[C@@H](O)[C@H](O)[C@H]2O)[C@@H](O)[C@H](O)[C@H]1O. The van der Waals surface area contributed by atoms with Gasteiger partial charge in [-0.2, -0.15) is 0 Å². The molecule has 9 atom stereocenters. The molecular formula is C19H26O12. The van der Waals surface area contributed by atoms with E-state index < -0.39 is 61.9 Å². The van der Waals surface area contributed by atoms with Crippen molar-refractivity contribution >= 4 is 5.78 Å². The van der Waals surface area contributed by atoms with Crippen molar-refractivity contribution in [3.8, 4) is 11.5 Å². The monoisotopic (exact) mass is 446 g/mol. The van der Waals surface area contributed by atoms with Crippen molar-refractivity contribution in [2.24, 2.45) is 0 Å². The maximum absolute atomic E-state index is 11.8. The van der Waals surface area contributed by atoms with Gasteiger partial charge in [-0.05, 0) is 19.1 Å². The third-order valence-corrected chi connectivity index (χ3v) is 5.14. The van der Waals surface area contributed by atoms with Gasteiger partial charge in [0.15, 0.2) is 12.1 Å². The lowest BCUT2D eigenvalue weighted by atomic mass is 9.99. The van der Waals surface area contributed by atoms with Gasteiger partial charge in [0.05, 0.1) is 18.8 Å². The molecule has 0 amide bonds. The van der Waals surface area contributed by atoms with Crippen LogP contribution in [0.2, 0.25) is 0 Å². The Morgan fingerprint density at radius 2 is 1.68 bits per heavy atom. The smallest absolute Gasteiger partial charge is 0.229 e. The first-order valence-electron chi connectivity index (χ1n) is 9.57. The molecule has 7 N–H and O–H groups in total. The topological polar surface area (TPSA) is 196 Å². The Hall–Kier alpha value is -1.87. The van der Waals surface area contributed by atoms with E-state index in [9.17, 15) is 40.5 Å². The number of carbonyl (C=O) groups excluding carboxylic acids is 1. The number of Topliss-reactive ketones (excluding diaryl/α,β-unsaturated/α-hetero) is 1. The van der Waals surface area contributed by atoms with E-state index in [0.717, 1.165) is 6.07 Å². The van der Waals surface area contributed by atoms with Crippen molar-refractivity contribution in [1.82, 2.24) is 0 Å². The molecule has 0 aliphatic carbocycles. The van der Waals surface area contributed by atoms with Gasteiger partial charge in [-0.25, -0.2) is 0 Å². The largest absolute Gasteiger partial charge is 0.508 e. The molecule has 1 aromatic rings. The maximum Gasteiger partial charge on any atom is 0.229 e.